The van der Waals surface area contributed by atoms with E-state index in [1.807, 2.05) is 6.07 Å². The summed E-state index contributed by atoms with van der Waals surface area (Å²) < 4.78 is 23.3. The van der Waals surface area contributed by atoms with Crippen LogP contribution in [0.5, 0.6) is 11.5 Å². The van der Waals surface area contributed by atoms with Gasteiger partial charge in [0.15, 0.2) is 17.3 Å². The van der Waals surface area contributed by atoms with E-state index in [1.54, 1.807) is 0 Å². The van der Waals surface area contributed by atoms with Crippen molar-refractivity contribution in [1.29, 1.82) is 0 Å². The number of rotatable bonds is 8. The molecule has 4 heteroatoms. The molecule has 23 heavy (non-hydrogen) atoms. The normalized spacial score (nSPS) is 21.7. The van der Waals surface area contributed by atoms with Gasteiger partial charge >= 0.3 is 0 Å². The Morgan fingerprint density at radius 3 is 2.52 bits per heavy atom. The summed E-state index contributed by atoms with van der Waals surface area (Å²) in [5.74, 6) is 1.31. The van der Waals surface area contributed by atoms with E-state index in [1.165, 1.54) is 18.4 Å². The summed E-state index contributed by atoms with van der Waals surface area (Å²) >= 11 is 0. The highest BCUT2D eigenvalue weighted by molar-refractivity contribution is 5.44. The predicted molar refractivity (Wildman–Crippen MR) is 88.9 cm³/mol. The van der Waals surface area contributed by atoms with Gasteiger partial charge in [-0.05, 0) is 30.5 Å². The first-order chi connectivity index (χ1) is 11.2. The standard InChI is InChI=1S/C19H28O4/c1-3-5-9-19(10-6-4-2)22-13-16(23-19)11-15-7-8-17-18(12-15)21-14-20-17/h7-8,12,16H,3-6,9-11,13-14H2,1-2H3. The Hall–Kier alpha value is -1.26. The molecule has 1 fully saturated rings. The molecule has 2 heterocycles. The zero-order valence-electron chi connectivity index (χ0n) is 14.3. The van der Waals surface area contributed by atoms with Crippen molar-refractivity contribution >= 4 is 0 Å². The number of benzene rings is 1. The quantitative estimate of drug-likeness (QED) is 0.709. The fraction of sp³-hybridized carbons (Fsp3) is 0.684. The smallest absolute Gasteiger partial charge is 0.231 e. The minimum Gasteiger partial charge on any atom is -0.454 e. The molecule has 0 saturated carbocycles. The zero-order chi connectivity index (χ0) is 16.1. The Balaban J connectivity index is 1.61. The first-order valence-electron chi connectivity index (χ1n) is 8.95. The highest BCUT2D eigenvalue weighted by atomic mass is 16.7. The summed E-state index contributed by atoms with van der Waals surface area (Å²) in [6.07, 6.45) is 7.64. The lowest BCUT2D eigenvalue weighted by molar-refractivity contribution is -0.179. The summed E-state index contributed by atoms with van der Waals surface area (Å²) in [5, 5.41) is 0. The molecule has 0 bridgehead atoms. The molecule has 3 rings (SSSR count). The van der Waals surface area contributed by atoms with Crippen molar-refractivity contribution in [3.8, 4) is 11.5 Å². The van der Waals surface area contributed by atoms with Gasteiger partial charge in [0.05, 0.1) is 12.7 Å². The summed E-state index contributed by atoms with van der Waals surface area (Å²) in [5.41, 5.74) is 1.21. The van der Waals surface area contributed by atoms with Crippen molar-refractivity contribution in [2.45, 2.75) is 70.7 Å². The SMILES string of the molecule is CCCCC1(CCCC)OCC(Cc2ccc3c(c2)OCO3)O1. The van der Waals surface area contributed by atoms with E-state index in [2.05, 4.69) is 26.0 Å². The van der Waals surface area contributed by atoms with E-state index in [4.69, 9.17) is 18.9 Å². The van der Waals surface area contributed by atoms with Crippen LogP contribution in [0.15, 0.2) is 18.2 Å². The number of unbranched alkanes of at least 4 members (excludes halogenated alkanes) is 2. The van der Waals surface area contributed by atoms with E-state index >= 15 is 0 Å². The summed E-state index contributed by atoms with van der Waals surface area (Å²) in [7, 11) is 0. The topological polar surface area (TPSA) is 36.9 Å². The number of ether oxygens (including phenoxy) is 4. The van der Waals surface area contributed by atoms with Crippen molar-refractivity contribution in [3.05, 3.63) is 23.8 Å². The van der Waals surface area contributed by atoms with Crippen molar-refractivity contribution < 1.29 is 18.9 Å². The molecule has 1 unspecified atom stereocenters. The molecule has 1 saturated heterocycles. The molecule has 0 N–H and O–H groups in total. The minimum atomic E-state index is -0.354. The summed E-state index contributed by atoms with van der Waals surface area (Å²) in [4.78, 5) is 0. The lowest BCUT2D eigenvalue weighted by atomic mass is 10.0. The minimum absolute atomic E-state index is 0.129. The Kier molecular flexibility index (Phi) is 5.44. The second-order valence-electron chi connectivity index (χ2n) is 6.56. The maximum Gasteiger partial charge on any atom is 0.231 e. The molecular formula is C19H28O4. The van der Waals surface area contributed by atoms with Crippen molar-refractivity contribution in [3.63, 3.8) is 0 Å². The lowest BCUT2D eigenvalue weighted by Crippen LogP contribution is -2.31. The zero-order valence-corrected chi connectivity index (χ0v) is 14.3. The lowest BCUT2D eigenvalue weighted by Gasteiger charge is -2.28. The van der Waals surface area contributed by atoms with Gasteiger partial charge in [-0.2, -0.15) is 0 Å². The van der Waals surface area contributed by atoms with Crippen molar-refractivity contribution in [2.24, 2.45) is 0 Å². The van der Waals surface area contributed by atoms with E-state index in [0.29, 0.717) is 13.4 Å². The number of hydrogen-bond acceptors (Lipinski definition) is 4. The molecule has 2 aliphatic rings. The maximum atomic E-state index is 6.38. The van der Waals surface area contributed by atoms with Crippen LogP contribution in [0.3, 0.4) is 0 Å². The van der Waals surface area contributed by atoms with Gasteiger partial charge in [-0.25, -0.2) is 0 Å². The van der Waals surface area contributed by atoms with Gasteiger partial charge in [-0.3, -0.25) is 0 Å². The van der Waals surface area contributed by atoms with E-state index < -0.39 is 0 Å². The third-order valence-corrected chi connectivity index (χ3v) is 4.64. The molecule has 0 aromatic heterocycles. The van der Waals surface area contributed by atoms with Gasteiger partial charge in [0, 0.05) is 19.3 Å². The summed E-state index contributed by atoms with van der Waals surface area (Å²) in [6, 6.07) is 6.13. The Morgan fingerprint density at radius 2 is 1.78 bits per heavy atom. The Labute approximate surface area is 139 Å². The monoisotopic (exact) mass is 320 g/mol. The molecule has 1 atom stereocenters. The van der Waals surface area contributed by atoms with E-state index in [9.17, 15) is 0 Å². The van der Waals surface area contributed by atoms with Gasteiger partial charge in [0.25, 0.3) is 0 Å². The van der Waals surface area contributed by atoms with Crippen LogP contribution < -0.4 is 9.47 Å². The molecule has 1 aromatic rings. The predicted octanol–water partition coefficient (Wildman–Crippen LogP) is 4.45. The van der Waals surface area contributed by atoms with Crippen molar-refractivity contribution in [2.75, 3.05) is 13.4 Å². The highest BCUT2D eigenvalue weighted by Crippen LogP contribution is 2.37. The molecule has 0 radical (unpaired) electrons. The molecule has 0 amide bonds. The van der Waals surface area contributed by atoms with Crippen LogP contribution in [0.2, 0.25) is 0 Å². The van der Waals surface area contributed by atoms with Crippen LogP contribution >= 0.6 is 0 Å². The van der Waals surface area contributed by atoms with E-state index in [0.717, 1.165) is 43.6 Å². The van der Waals surface area contributed by atoms with Gasteiger partial charge < -0.3 is 18.9 Å². The van der Waals surface area contributed by atoms with Gasteiger partial charge in [0.1, 0.15) is 0 Å². The third-order valence-electron chi connectivity index (χ3n) is 4.64. The summed E-state index contributed by atoms with van der Waals surface area (Å²) in [6.45, 7) is 5.43. The molecule has 4 nitrogen and oxygen atoms in total. The fourth-order valence-corrected chi connectivity index (χ4v) is 3.33. The largest absolute Gasteiger partial charge is 0.454 e. The fourth-order valence-electron chi connectivity index (χ4n) is 3.33. The molecule has 128 valence electrons. The van der Waals surface area contributed by atoms with Crippen LogP contribution in [0.1, 0.15) is 57.9 Å². The first kappa shape index (κ1) is 16.6. The molecule has 0 spiro atoms. The molecular weight excluding hydrogens is 292 g/mol. The molecule has 0 aliphatic carbocycles. The second-order valence-corrected chi connectivity index (χ2v) is 6.56. The van der Waals surface area contributed by atoms with Gasteiger partial charge in [-0.15, -0.1) is 0 Å². The third kappa shape index (κ3) is 3.99. The van der Waals surface area contributed by atoms with Crippen LogP contribution in [0.4, 0.5) is 0 Å². The van der Waals surface area contributed by atoms with Gasteiger partial charge in [-0.1, -0.05) is 32.8 Å². The Morgan fingerprint density at radius 1 is 1.04 bits per heavy atom. The maximum absolute atomic E-state index is 6.38. The molecule has 1 aromatic carbocycles. The van der Waals surface area contributed by atoms with Crippen molar-refractivity contribution in [1.82, 2.24) is 0 Å². The average molecular weight is 320 g/mol. The molecule has 2 aliphatic heterocycles. The first-order valence-corrected chi connectivity index (χ1v) is 8.95. The van der Waals surface area contributed by atoms with Gasteiger partial charge in [0.2, 0.25) is 6.79 Å². The Bertz CT molecular complexity index is 506. The number of hydrogen-bond donors (Lipinski definition) is 0. The van der Waals surface area contributed by atoms with Crippen LogP contribution in [0.25, 0.3) is 0 Å². The second kappa shape index (κ2) is 7.54. The van der Waals surface area contributed by atoms with Crippen LogP contribution in [-0.2, 0) is 15.9 Å². The van der Waals surface area contributed by atoms with Crippen LogP contribution in [0, 0.1) is 0 Å². The van der Waals surface area contributed by atoms with Crippen LogP contribution in [-0.4, -0.2) is 25.3 Å². The average Bonchev–Trinajstić information content (AvgIpc) is 3.18. The highest BCUT2D eigenvalue weighted by Gasteiger charge is 2.40. The number of fused-ring (bicyclic) bond motifs is 1. The van der Waals surface area contributed by atoms with E-state index in [-0.39, 0.29) is 11.9 Å².